The van der Waals surface area contributed by atoms with Gasteiger partial charge in [0.1, 0.15) is 5.54 Å². The Morgan fingerprint density at radius 1 is 1.32 bits per heavy atom. The molecule has 108 valence electrons. The molecule has 2 fully saturated rings. The summed E-state index contributed by atoms with van der Waals surface area (Å²) in [5.74, 6) is -0.940. The van der Waals surface area contributed by atoms with Crippen molar-refractivity contribution in [3.05, 3.63) is 0 Å². The molecule has 1 aliphatic heterocycles. The maximum atomic E-state index is 11.9. The largest absolute Gasteiger partial charge is 0.480 e. The molecule has 2 rings (SSSR count). The van der Waals surface area contributed by atoms with Gasteiger partial charge in [-0.15, -0.1) is 0 Å². The van der Waals surface area contributed by atoms with Crippen LogP contribution < -0.4 is 10.6 Å². The molecule has 6 nitrogen and oxygen atoms in total. The van der Waals surface area contributed by atoms with Crippen LogP contribution in [0.4, 0.5) is 4.79 Å². The van der Waals surface area contributed by atoms with Crippen molar-refractivity contribution >= 4 is 12.0 Å². The summed E-state index contributed by atoms with van der Waals surface area (Å²) in [4.78, 5) is 23.3. The lowest BCUT2D eigenvalue weighted by Crippen LogP contribution is -2.57. The average molecular weight is 270 g/mol. The van der Waals surface area contributed by atoms with Gasteiger partial charge in [0.15, 0.2) is 0 Å². The van der Waals surface area contributed by atoms with Crippen molar-refractivity contribution in [1.29, 1.82) is 0 Å². The van der Waals surface area contributed by atoms with Crippen molar-refractivity contribution in [3.63, 3.8) is 0 Å². The Labute approximate surface area is 112 Å². The Morgan fingerprint density at radius 3 is 2.53 bits per heavy atom. The van der Waals surface area contributed by atoms with Crippen LogP contribution in [-0.2, 0) is 9.53 Å². The van der Waals surface area contributed by atoms with Crippen LogP contribution in [0.25, 0.3) is 0 Å². The van der Waals surface area contributed by atoms with E-state index in [4.69, 9.17) is 4.74 Å². The van der Waals surface area contributed by atoms with Crippen molar-refractivity contribution in [2.75, 3.05) is 6.61 Å². The van der Waals surface area contributed by atoms with Gasteiger partial charge >= 0.3 is 12.0 Å². The minimum absolute atomic E-state index is 0.0371. The standard InChI is InChI=1S/C13H22N2O4/c1-9(10-5-4-8-19-10)14-12(18)15-13(11(16)17)6-2-3-7-13/h9-10H,2-8H2,1H3,(H,16,17)(H2,14,15,18). The molecule has 0 spiro atoms. The summed E-state index contributed by atoms with van der Waals surface area (Å²) < 4.78 is 5.50. The molecule has 3 N–H and O–H groups in total. The number of carbonyl (C=O) groups excluding carboxylic acids is 1. The van der Waals surface area contributed by atoms with Gasteiger partial charge in [0, 0.05) is 6.61 Å². The Kier molecular flexibility index (Phi) is 4.29. The minimum atomic E-state index is -1.08. The number of rotatable bonds is 4. The number of urea groups is 1. The number of carbonyl (C=O) groups is 2. The summed E-state index contributed by atoms with van der Waals surface area (Å²) in [6, 6.07) is -0.512. The summed E-state index contributed by atoms with van der Waals surface area (Å²) in [7, 11) is 0. The average Bonchev–Trinajstić information content (AvgIpc) is 2.99. The van der Waals surface area contributed by atoms with Crippen LogP contribution in [0.2, 0.25) is 0 Å². The van der Waals surface area contributed by atoms with E-state index < -0.39 is 17.5 Å². The second-order valence-electron chi connectivity index (χ2n) is 5.53. The summed E-state index contributed by atoms with van der Waals surface area (Å²) in [5, 5.41) is 14.7. The monoisotopic (exact) mass is 270 g/mol. The number of amides is 2. The fourth-order valence-corrected chi connectivity index (χ4v) is 2.92. The lowest BCUT2D eigenvalue weighted by molar-refractivity contribution is -0.144. The second-order valence-corrected chi connectivity index (χ2v) is 5.53. The number of carboxylic acid groups (broad SMARTS) is 1. The van der Waals surface area contributed by atoms with E-state index in [-0.39, 0.29) is 12.1 Å². The van der Waals surface area contributed by atoms with Crippen molar-refractivity contribution in [2.45, 2.75) is 63.1 Å². The molecule has 0 radical (unpaired) electrons. The third kappa shape index (κ3) is 3.18. The fourth-order valence-electron chi connectivity index (χ4n) is 2.92. The first-order valence-corrected chi connectivity index (χ1v) is 6.97. The molecule has 1 saturated heterocycles. The molecule has 19 heavy (non-hydrogen) atoms. The van der Waals surface area contributed by atoms with Crippen LogP contribution in [0, 0.1) is 0 Å². The molecular weight excluding hydrogens is 248 g/mol. The zero-order valence-corrected chi connectivity index (χ0v) is 11.3. The lowest BCUT2D eigenvalue weighted by atomic mass is 9.98. The van der Waals surface area contributed by atoms with Gasteiger partial charge in [-0.2, -0.15) is 0 Å². The predicted molar refractivity (Wildman–Crippen MR) is 68.9 cm³/mol. The van der Waals surface area contributed by atoms with Crippen molar-refractivity contribution in [3.8, 4) is 0 Å². The third-order valence-corrected chi connectivity index (χ3v) is 4.10. The summed E-state index contributed by atoms with van der Waals surface area (Å²) in [6.07, 6.45) is 4.67. The minimum Gasteiger partial charge on any atom is -0.480 e. The highest BCUT2D eigenvalue weighted by molar-refractivity contribution is 5.86. The molecule has 2 amide bonds. The molecule has 0 aromatic carbocycles. The second kappa shape index (κ2) is 5.77. The number of nitrogens with one attached hydrogen (secondary N) is 2. The predicted octanol–water partition coefficient (Wildman–Crippen LogP) is 1.25. The van der Waals surface area contributed by atoms with Gasteiger partial charge in [-0.1, -0.05) is 12.8 Å². The van der Waals surface area contributed by atoms with E-state index in [1.165, 1.54) is 0 Å². The van der Waals surface area contributed by atoms with E-state index in [0.717, 1.165) is 32.3 Å². The summed E-state index contributed by atoms with van der Waals surface area (Å²) in [6.45, 7) is 2.62. The highest BCUT2D eigenvalue weighted by Gasteiger charge is 2.42. The van der Waals surface area contributed by atoms with Gasteiger partial charge < -0.3 is 20.5 Å². The first-order valence-electron chi connectivity index (χ1n) is 6.97. The first kappa shape index (κ1) is 14.1. The highest BCUT2D eigenvalue weighted by atomic mass is 16.5. The number of carboxylic acids is 1. The van der Waals surface area contributed by atoms with Crippen LogP contribution in [-0.4, -0.2) is 41.4 Å². The zero-order valence-electron chi connectivity index (χ0n) is 11.3. The van der Waals surface area contributed by atoms with E-state index in [2.05, 4.69) is 10.6 Å². The normalized spacial score (nSPS) is 26.9. The van der Waals surface area contributed by atoms with Crippen LogP contribution >= 0.6 is 0 Å². The molecule has 2 aliphatic rings. The quantitative estimate of drug-likeness (QED) is 0.717. The van der Waals surface area contributed by atoms with Gasteiger partial charge in [-0.3, -0.25) is 0 Å². The molecule has 0 aromatic rings. The van der Waals surface area contributed by atoms with Crippen LogP contribution in [0.3, 0.4) is 0 Å². The zero-order chi connectivity index (χ0) is 13.9. The fraction of sp³-hybridized carbons (Fsp3) is 0.846. The van der Waals surface area contributed by atoms with Crippen molar-refractivity contribution in [2.24, 2.45) is 0 Å². The number of hydrogen-bond donors (Lipinski definition) is 3. The van der Waals surface area contributed by atoms with E-state index in [9.17, 15) is 14.7 Å². The molecule has 1 saturated carbocycles. The van der Waals surface area contributed by atoms with Crippen molar-refractivity contribution < 1.29 is 19.4 Å². The summed E-state index contributed by atoms with van der Waals surface area (Å²) in [5.41, 5.74) is -1.08. The highest BCUT2D eigenvalue weighted by Crippen LogP contribution is 2.29. The number of ether oxygens (including phenoxy) is 1. The van der Waals surface area contributed by atoms with E-state index in [1.54, 1.807) is 0 Å². The molecule has 2 atom stereocenters. The van der Waals surface area contributed by atoms with Crippen molar-refractivity contribution in [1.82, 2.24) is 10.6 Å². The first-order chi connectivity index (χ1) is 9.03. The maximum Gasteiger partial charge on any atom is 0.329 e. The van der Waals surface area contributed by atoms with Gasteiger partial charge in [0.05, 0.1) is 12.1 Å². The van der Waals surface area contributed by atoms with Crippen LogP contribution in [0.5, 0.6) is 0 Å². The molecule has 0 aromatic heterocycles. The molecule has 0 bridgehead atoms. The number of hydrogen-bond acceptors (Lipinski definition) is 3. The Balaban J connectivity index is 1.87. The summed E-state index contributed by atoms with van der Waals surface area (Å²) >= 11 is 0. The van der Waals surface area contributed by atoms with Crippen LogP contribution in [0.15, 0.2) is 0 Å². The Morgan fingerprint density at radius 2 is 2.00 bits per heavy atom. The molecule has 1 heterocycles. The Bertz CT molecular complexity index is 347. The SMILES string of the molecule is CC(NC(=O)NC1(C(=O)O)CCCC1)C1CCCO1. The smallest absolute Gasteiger partial charge is 0.329 e. The molecule has 2 unspecified atom stereocenters. The number of aliphatic carboxylic acids is 1. The maximum absolute atomic E-state index is 11.9. The van der Waals surface area contributed by atoms with E-state index in [1.807, 2.05) is 6.92 Å². The van der Waals surface area contributed by atoms with Gasteiger partial charge in [-0.25, -0.2) is 9.59 Å². The lowest BCUT2D eigenvalue weighted by Gasteiger charge is -2.27. The molecular formula is C13H22N2O4. The van der Waals surface area contributed by atoms with Crippen LogP contribution in [0.1, 0.15) is 45.4 Å². The third-order valence-electron chi connectivity index (χ3n) is 4.10. The van der Waals surface area contributed by atoms with Gasteiger partial charge in [0.2, 0.25) is 0 Å². The van der Waals surface area contributed by atoms with E-state index in [0.29, 0.717) is 12.8 Å². The van der Waals surface area contributed by atoms with E-state index >= 15 is 0 Å². The Hall–Kier alpha value is -1.30. The molecule has 1 aliphatic carbocycles. The molecule has 6 heteroatoms. The van der Waals surface area contributed by atoms with Gasteiger partial charge in [0.25, 0.3) is 0 Å². The van der Waals surface area contributed by atoms with Gasteiger partial charge in [-0.05, 0) is 32.6 Å². The topological polar surface area (TPSA) is 87.7 Å².